The molecule has 1 amide bonds. The first kappa shape index (κ1) is 23.3. The Morgan fingerprint density at radius 3 is 2.57 bits per heavy atom. The van der Waals surface area contributed by atoms with E-state index in [-0.39, 0.29) is 23.7 Å². The molecule has 7 nitrogen and oxygen atoms in total. The Morgan fingerprint density at radius 1 is 1.36 bits per heavy atom. The van der Waals surface area contributed by atoms with Gasteiger partial charge in [0, 0.05) is 45.2 Å². The molecule has 0 aliphatic carbocycles. The highest BCUT2D eigenvalue weighted by Gasteiger charge is 2.33. The fraction of sp³-hybridized carbons (Fsp3) is 0.737. The lowest BCUT2D eigenvalue weighted by molar-refractivity contribution is -0.123. The largest absolute Gasteiger partial charge is 0.373 e. The van der Waals surface area contributed by atoms with Crippen LogP contribution < -0.4 is 5.32 Å². The number of hydrogen-bond acceptors (Lipinski definition) is 6. The van der Waals surface area contributed by atoms with Crippen molar-refractivity contribution in [1.29, 1.82) is 0 Å². The van der Waals surface area contributed by atoms with E-state index < -0.39 is 10.0 Å². The van der Waals surface area contributed by atoms with E-state index in [2.05, 4.69) is 37.9 Å². The van der Waals surface area contributed by atoms with E-state index in [1.165, 1.54) is 15.6 Å². The normalized spacial score (nSPS) is 21.8. The highest BCUT2D eigenvalue weighted by molar-refractivity contribution is 7.91. The quantitative estimate of drug-likeness (QED) is 0.648. The number of nitrogens with one attached hydrogen (secondary N) is 1. The summed E-state index contributed by atoms with van der Waals surface area (Å²) < 4.78 is 32.2. The average Bonchev–Trinajstić information content (AvgIpc) is 3.14. The third kappa shape index (κ3) is 6.25. The van der Waals surface area contributed by atoms with Crippen molar-refractivity contribution >= 4 is 27.3 Å². The molecule has 9 heteroatoms. The smallest absolute Gasteiger partial charge is 0.252 e. The molecule has 160 valence electrons. The maximum Gasteiger partial charge on any atom is 0.252 e. The van der Waals surface area contributed by atoms with Gasteiger partial charge in [-0.3, -0.25) is 9.69 Å². The van der Waals surface area contributed by atoms with Crippen LogP contribution in [0.2, 0.25) is 0 Å². The molecule has 2 atom stereocenters. The number of carbonyl (C=O) groups excluding carboxylic acids is 1. The zero-order chi connectivity index (χ0) is 20.9. The molecular weight excluding hydrogens is 398 g/mol. The van der Waals surface area contributed by atoms with E-state index >= 15 is 0 Å². The van der Waals surface area contributed by atoms with Crippen LogP contribution in [0.25, 0.3) is 0 Å². The summed E-state index contributed by atoms with van der Waals surface area (Å²) in [6, 6.07) is 3.31. The molecular formula is C19H33N3O4S2. The maximum atomic E-state index is 12.4. The molecule has 1 aliphatic rings. The first-order chi connectivity index (χ1) is 13.0. The summed E-state index contributed by atoms with van der Waals surface area (Å²) in [4.78, 5) is 14.6. The van der Waals surface area contributed by atoms with Gasteiger partial charge in [0.15, 0.2) is 0 Å². The number of amides is 1. The second-order valence-electron chi connectivity index (χ2n) is 8.11. The number of sulfonamides is 1. The molecule has 1 fully saturated rings. The van der Waals surface area contributed by atoms with E-state index in [1.807, 2.05) is 0 Å². The van der Waals surface area contributed by atoms with Crippen LogP contribution in [-0.2, 0) is 19.6 Å². The van der Waals surface area contributed by atoms with Crippen molar-refractivity contribution in [2.24, 2.45) is 0 Å². The Labute approximate surface area is 173 Å². The molecule has 28 heavy (non-hydrogen) atoms. The molecule has 0 saturated carbocycles. The van der Waals surface area contributed by atoms with Crippen molar-refractivity contribution in [3.05, 3.63) is 17.5 Å². The van der Waals surface area contributed by atoms with Gasteiger partial charge < -0.3 is 10.1 Å². The summed E-state index contributed by atoms with van der Waals surface area (Å²) in [6.07, 6.45) is 1.15. The predicted octanol–water partition coefficient (Wildman–Crippen LogP) is 2.15. The van der Waals surface area contributed by atoms with E-state index in [1.54, 1.807) is 24.6 Å². The summed E-state index contributed by atoms with van der Waals surface area (Å²) in [7, 11) is -1.90. The Hall–Kier alpha value is -1.00. The monoisotopic (exact) mass is 431 g/mol. The van der Waals surface area contributed by atoms with Crippen LogP contribution in [0, 0.1) is 0 Å². The number of carbonyl (C=O) groups is 1. The van der Waals surface area contributed by atoms with Gasteiger partial charge in [0.1, 0.15) is 4.21 Å². The molecule has 1 N–H and O–H groups in total. The summed E-state index contributed by atoms with van der Waals surface area (Å²) >= 11 is 1.20. The minimum atomic E-state index is -3.45. The minimum Gasteiger partial charge on any atom is -0.373 e. The van der Waals surface area contributed by atoms with Crippen LogP contribution in [0.3, 0.4) is 0 Å². The summed E-state index contributed by atoms with van der Waals surface area (Å²) in [6.45, 7) is 10.9. The highest BCUT2D eigenvalue weighted by atomic mass is 32.2. The van der Waals surface area contributed by atoms with Gasteiger partial charge in [0.25, 0.3) is 10.0 Å². The SMILES string of the molecule is C[C@H]1CN(C(C)(C)CNC(=O)CCCN(C)S(=O)(=O)c2cccs2)C[C@H](C)O1. The van der Waals surface area contributed by atoms with E-state index in [4.69, 9.17) is 4.74 Å². The first-order valence-electron chi connectivity index (χ1n) is 9.69. The molecule has 0 spiro atoms. The number of morpholine rings is 1. The van der Waals surface area contributed by atoms with Crippen molar-refractivity contribution in [3.8, 4) is 0 Å². The van der Waals surface area contributed by atoms with Crippen molar-refractivity contribution in [2.45, 2.75) is 62.5 Å². The molecule has 0 bridgehead atoms. The molecule has 1 saturated heterocycles. The number of rotatable bonds is 9. The molecule has 1 aromatic rings. The number of thiophene rings is 1. The molecule has 1 aromatic heterocycles. The van der Waals surface area contributed by atoms with Gasteiger partial charge in [-0.05, 0) is 45.6 Å². The van der Waals surface area contributed by atoms with Crippen molar-refractivity contribution in [2.75, 3.05) is 33.2 Å². The number of ether oxygens (including phenoxy) is 1. The fourth-order valence-corrected chi connectivity index (χ4v) is 5.74. The van der Waals surface area contributed by atoms with Crippen molar-refractivity contribution < 1.29 is 17.9 Å². The first-order valence-corrected chi connectivity index (χ1v) is 12.0. The van der Waals surface area contributed by atoms with Crippen LogP contribution in [0.4, 0.5) is 0 Å². The van der Waals surface area contributed by atoms with Gasteiger partial charge in [0.2, 0.25) is 5.91 Å². The van der Waals surface area contributed by atoms with Gasteiger partial charge in [0.05, 0.1) is 12.2 Å². The van der Waals surface area contributed by atoms with Gasteiger partial charge in [-0.2, -0.15) is 0 Å². The van der Waals surface area contributed by atoms with Gasteiger partial charge in [-0.15, -0.1) is 11.3 Å². The van der Waals surface area contributed by atoms with E-state index in [9.17, 15) is 13.2 Å². The van der Waals surface area contributed by atoms with Gasteiger partial charge >= 0.3 is 0 Å². The number of hydrogen-bond donors (Lipinski definition) is 1. The molecule has 2 rings (SSSR count). The van der Waals surface area contributed by atoms with Crippen LogP contribution in [-0.4, -0.2) is 74.5 Å². The zero-order valence-corrected chi connectivity index (χ0v) is 19.1. The van der Waals surface area contributed by atoms with Crippen molar-refractivity contribution in [1.82, 2.24) is 14.5 Å². The summed E-state index contributed by atoms with van der Waals surface area (Å²) in [5, 5.41) is 4.74. The maximum absolute atomic E-state index is 12.4. The molecule has 0 radical (unpaired) electrons. The van der Waals surface area contributed by atoms with E-state index in [0.717, 1.165) is 13.1 Å². The lowest BCUT2D eigenvalue weighted by Crippen LogP contribution is -2.58. The molecule has 0 unspecified atom stereocenters. The van der Waals surface area contributed by atoms with Gasteiger partial charge in [-0.1, -0.05) is 6.07 Å². The molecule has 1 aliphatic heterocycles. The zero-order valence-electron chi connectivity index (χ0n) is 17.5. The Balaban J connectivity index is 1.75. The standard InChI is InChI=1S/C19H33N3O4S2/c1-15-12-22(13-16(2)26-15)19(3,4)14-20-17(23)8-6-10-21(5)28(24,25)18-9-7-11-27-18/h7,9,11,15-16H,6,8,10,12-14H2,1-5H3,(H,20,23)/t15-,16-/m0/s1. The van der Waals surface area contributed by atoms with Crippen LogP contribution in [0.5, 0.6) is 0 Å². The third-order valence-corrected chi connectivity index (χ3v) is 8.26. The second kappa shape index (κ2) is 9.67. The molecule has 2 heterocycles. The lowest BCUT2D eigenvalue weighted by atomic mass is 10.00. The Kier molecular flexibility index (Phi) is 8.04. The minimum absolute atomic E-state index is 0.0515. The van der Waals surface area contributed by atoms with Crippen LogP contribution >= 0.6 is 11.3 Å². The number of nitrogens with zero attached hydrogens (tertiary/aromatic N) is 2. The average molecular weight is 432 g/mol. The Morgan fingerprint density at radius 2 is 2.00 bits per heavy atom. The Bertz CT molecular complexity index is 724. The predicted molar refractivity (Wildman–Crippen MR) is 112 cm³/mol. The lowest BCUT2D eigenvalue weighted by Gasteiger charge is -2.45. The fourth-order valence-electron chi connectivity index (χ4n) is 3.33. The topological polar surface area (TPSA) is 79.0 Å². The van der Waals surface area contributed by atoms with Crippen LogP contribution in [0.15, 0.2) is 21.7 Å². The molecule has 0 aromatic carbocycles. The summed E-state index contributed by atoms with van der Waals surface area (Å²) in [5.74, 6) is -0.0515. The second-order valence-corrected chi connectivity index (χ2v) is 11.3. The van der Waals surface area contributed by atoms with Crippen LogP contribution in [0.1, 0.15) is 40.5 Å². The van der Waals surface area contributed by atoms with Crippen molar-refractivity contribution in [3.63, 3.8) is 0 Å². The third-order valence-electron chi connectivity index (χ3n) is 5.03. The summed E-state index contributed by atoms with van der Waals surface area (Å²) in [5.41, 5.74) is -0.165. The van der Waals surface area contributed by atoms with Gasteiger partial charge in [-0.25, -0.2) is 12.7 Å². The van der Waals surface area contributed by atoms with E-state index in [0.29, 0.717) is 30.1 Å². The highest BCUT2D eigenvalue weighted by Crippen LogP contribution is 2.21.